The van der Waals surface area contributed by atoms with Crippen LogP contribution in [0.2, 0.25) is 0 Å². The van der Waals surface area contributed by atoms with Crippen molar-refractivity contribution in [2.24, 2.45) is 0 Å². The van der Waals surface area contributed by atoms with Gasteiger partial charge >= 0.3 is 0 Å². The quantitative estimate of drug-likeness (QED) is 0.164. The molecular formula is C49H32N4. The molecule has 0 atom stereocenters. The van der Waals surface area contributed by atoms with Crippen LogP contribution in [-0.4, -0.2) is 9.55 Å². The number of hydrogen-bond acceptors (Lipinski definition) is 1. The van der Waals surface area contributed by atoms with Gasteiger partial charge in [0.2, 0.25) is 0 Å². The van der Waals surface area contributed by atoms with E-state index in [9.17, 15) is 0 Å². The first kappa shape index (κ1) is 29.7. The van der Waals surface area contributed by atoms with Crippen molar-refractivity contribution in [3.8, 4) is 61.8 Å². The summed E-state index contributed by atoms with van der Waals surface area (Å²) in [4.78, 5) is 5.20. The molecule has 2 aromatic heterocycles. The highest BCUT2D eigenvalue weighted by Gasteiger charge is 2.27. The van der Waals surface area contributed by atoms with Gasteiger partial charge in [-0.1, -0.05) is 158 Å². The van der Waals surface area contributed by atoms with Gasteiger partial charge in [-0.25, -0.2) is 0 Å². The summed E-state index contributed by atoms with van der Waals surface area (Å²) in [6, 6.07) is 65.2. The van der Waals surface area contributed by atoms with E-state index in [0.717, 1.165) is 22.6 Å². The average Bonchev–Trinajstić information content (AvgIpc) is 3.78. The molecule has 0 saturated heterocycles. The summed E-state index contributed by atoms with van der Waals surface area (Å²) in [6.45, 7) is 0.630. The SMILES string of the molecule is c1ccc(C[n+]2[n-]c(-c3cccc(-n4c5cccc6c5c5c7c(cccc7cc(-c7ccccc7)c54)-c4ccccc4-6)c3)nc2-c2ccccc2)cc1. The minimum atomic E-state index is 0.630. The molecule has 0 bridgehead atoms. The summed E-state index contributed by atoms with van der Waals surface area (Å²) < 4.78 is 4.51. The fraction of sp³-hybridized carbons (Fsp3) is 0.0204. The van der Waals surface area contributed by atoms with Gasteiger partial charge in [-0.15, -0.1) is 0 Å². The highest BCUT2D eigenvalue weighted by atomic mass is 15.3. The van der Waals surface area contributed by atoms with Crippen molar-refractivity contribution in [1.29, 1.82) is 0 Å². The fourth-order valence-electron chi connectivity index (χ4n) is 8.46. The molecule has 0 spiro atoms. The summed E-state index contributed by atoms with van der Waals surface area (Å²) in [5, 5.41) is 10.3. The lowest BCUT2D eigenvalue weighted by Crippen LogP contribution is -2.40. The van der Waals surface area contributed by atoms with Crippen LogP contribution in [0.15, 0.2) is 182 Å². The predicted molar refractivity (Wildman–Crippen MR) is 216 cm³/mol. The Morgan fingerprint density at radius 2 is 1.08 bits per heavy atom. The van der Waals surface area contributed by atoms with Gasteiger partial charge in [0.05, 0.1) is 11.0 Å². The third-order valence-corrected chi connectivity index (χ3v) is 10.7. The van der Waals surface area contributed by atoms with Crippen molar-refractivity contribution in [3.05, 3.63) is 188 Å². The number of hydrogen-bond donors (Lipinski definition) is 0. The van der Waals surface area contributed by atoms with E-state index in [1.54, 1.807) is 0 Å². The zero-order chi connectivity index (χ0) is 34.9. The van der Waals surface area contributed by atoms with Crippen LogP contribution in [-0.2, 0) is 6.54 Å². The Bertz CT molecular complexity index is 3010. The number of fused-ring (bicyclic) bond motifs is 3. The van der Waals surface area contributed by atoms with Crippen molar-refractivity contribution in [2.45, 2.75) is 6.54 Å². The second-order valence-electron chi connectivity index (χ2n) is 13.8. The normalized spacial score (nSPS) is 11.8. The van der Waals surface area contributed by atoms with Crippen LogP contribution in [0.4, 0.5) is 0 Å². The summed E-state index contributed by atoms with van der Waals surface area (Å²) in [5.41, 5.74) is 14.1. The largest absolute Gasteiger partial charge is 0.397 e. The second-order valence-corrected chi connectivity index (χ2v) is 13.8. The second kappa shape index (κ2) is 11.8. The Labute approximate surface area is 306 Å². The summed E-state index contributed by atoms with van der Waals surface area (Å²) in [6.07, 6.45) is 0. The third kappa shape index (κ3) is 4.62. The van der Waals surface area contributed by atoms with Gasteiger partial charge in [0, 0.05) is 27.6 Å². The zero-order valence-corrected chi connectivity index (χ0v) is 28.8. The first-order chi connectivity index (χ1) is 26.3. The van der Waals surface area contributed by atoms with Crippen LogP contribution in [0.5, 0.6) is 0 Å². The monoisotopic (exact) mass is 676 g/mol. The van der Waals surface area contributed by atoms with Crippen LogP contribution in [0, 0.1) is 0 Å². The Hall–Kier alpha value is -7.04. The predicted octanol–water partition coefficient (Wildman–Crippen LogP) is 11.3. The van der Waals surface area contributed by atoms with E-state index < -0.39 is 0 Å². The van der Waals surface area contributed by atoms with E-state index in [1.165, 1.54) is 71.5 Å². The number of benzene rings is 8. The molecule has 10 aromatic rings. The van der Waals surface area contributed by atoms with Crippen LogP contribution in [0.1, 0.15) is 5.56 Å². The number of aromatic nitrogens is 4. The molecule has 4 nitrogen and oxygen atoms in total. The van der Waals surface area contributed by atoms with Crippen molar-refractivity contribution in [1.82, 2.24) is 14.6 Å². The van der Waals surface area contributed by atoms with E-state index in [2.05, 4.69) is 174 Å². The molecule has 0 N–H and O–H groups in total. The third-order valence-electron chi connectivity index (χ3n) is 10.7. The molecule has 0 amide bonds. The lowest BCUT2D eigenvalue weighted by atomic mass is 9.91. The first-order valence-corrected chi connectivity index (χ1v) is 18.1. The van der Waals surface area contributed by atoms with Crippen LogP contribution < -0.4 is 9.78 Å². The fourth-order valence-corrected chi connectivity index (χ4v) is 8.46. The zero-order valence-electron chi connectivity index (χ0n) is 28.8. The Kier molecular flexibility index (Phi) is 6.58. The molecule has 2 heterocycles. The summed E-state index contributed by atoms with van der Waals surface area (Å²) >= 11 is 0. The lowest BCUT2D eigenvalue weighted by molar-refractivity contribution is -0.737. The van der Waals surface area contributed by atoms with Crippen LogP contribution in [0.25, 0.3) is 94.4 Å². The highest BCUT2D eigenvalue weighted by Crippen LogP contribution is 2.51. The van der Waals surface area contributed by atoms with Crippen LogP contribution in [0.3, 0.4) is 0 Å². The highest BCUT2D eigenvalue weighted by molar-refractivity contribution is 6.32. The average molecular weight is 677 g/mol. The van der Waals surface area contributed by atoms with E-state index >= 15 is 0 Å². The molecule has 248 valence electrons. The van der Waals surface area contributed by atoms with Gasteiger partial charge in [0.1, 0.15) is 12.4 Å². The maximum atomic E-state index is 5.20. The molecule has 8 aromatic carbocycles. The number of rotatable bonds is 6. The van der Waals surface area contributed by atoms with E-state index in [1.807, 2.05) is 16.8 Å². The summed E-state index contributed by atoms with van der Waals surface area (Å²) in [7, 11) is 0. The molecular weight excluding hydrogens is 645 g/mol. The molecule has 0 unspecified atom stereocenters. The standard InChI is InChI=1S/C49H32N4/c1-4-15-32(16-5-1)31-52-49(34-19-8-3-9-20-34)50-48(51-52)36-22-12-23-37(29-36)53-43-28-14-27-41-39-25-11-10-24-38(39)40-26-13-21-35-30-42(33-17-6-2-7-18-33)47(53)46(44(35)40)45(41)43/h1-30H,31H2. The van der Waals surface area contributed by atoms with Gasteiger partial charge in [0.25, 0.3) is 0 Å². The molecule has 0 fully saturated rings. The van der Waals surface area contributed by atoms with Gasteiger partial charge < -0.3 is 9.55 Å². The van der Waals surface area contributed by atoms with Crippen molar-refractivity contribution >= 4 is 32.6 Å². The Balaban J connectivity index is 1.20. The van der Waals surface area contributed by atoms with Crippen molar-refractivity contribution in [2.75, 3.05) is 0 Å². The van der Waals surface area contributed by atoms with E-state index in [0.29, 0.717) is 12.4 Å². The van der Waals surface area contributed by atoms with Crippen molar-refractivity contribution < 1.29 is 4.68 Å². The van der Waals surface area contributed by atoms with Gasteiger partial charge in [0.15, 0.2) is 0 Å². The smallest absolute Gasteiger partial charge is 0.126 e. The molecule has 0 aliphatic heterocycles. The summed E-state index contributed by atoms with van der Waals surface area (Å²) in [5.74, 6) is 1.55. The van der Waals surface area contributed by atoms with Crippen LogP contribution >= 0.6 is 0 Å². The Morgan fingerprint density at radius 1 is 0.472 bits per heavy atom. The molecule has 4 heteroatoms. The first-order valence-electron chi connectivity index (χ1n) is 18.1. The molecule has 0 radical (unpaired) electrons. The van der Waals surface area contributed by atoms with Crippen molar-refractivity contribution in [3.63, 3.8) is 0 Å². The molecule has 1 aliphatic carbocycles. The topological polar surface area (TPSA) is 35.8 Å². The van der Waals surface area contributed by atoms with E-state index in [4.69, 9.17) is 10.1 Å². The lowest BCUT2D eigenvalue weighted by Gasteiger charge is -2.17. The van der Waals surface area contributed by atoms with Gasteiger partial charge in [-0.3, -0.25) is 9.78 Å². The minimum Gasteiger partial charge on any atom is -0.397 e. The molecule has 11 rings (SSSR count). The maximum absolute atomic E-state index is 5.20. The van der Waals surface area contributed by atoms with Gasteiger partial charge in [-0.2, -0.15) is 0 Å². The number of nitrogens with zero attached hydrogens (tertiary/aromatic N) is 4. The molecule has 1 aliphatic rings. The van der Waals surface area contributed by atoms with E-state index in [-0.39, 0.29) is 0 Å². The Morgan fingerprint density at radius 3 is 1.83 bits per heavy atom. The maximum Gasteiger partial charge on any atom is 0.126 e. The molecule has 0 saturated carbocycles. The minimum absolute atomic E-state index is 0.630. The van der Waals surface area contributed by atoms with Gasteiger partial charge in [-0.05, 0) is 79.8 Å². The molecule has 53 heavy (non-hydrogen) atoms.